The van der Waals surface area contributed by atoms with E-state index in [-0.39, 0.29) is 0 Å². The summed E-state index contributed by atoms with van der Waals surface area (Å²) in [5, 5.41) is 0.353. The molecule has 0 aromatic heterocycles. The minimum Gasteiger partial charge on any atom is -0.0967 e. The second kappa shape index (κ2) is 4.94. The van der Waals surface area contributed by atoms with Gasteiger partial charge < -0.3 is 0 Å². The standard InChI is InChI=1S/C11H25PS/c1-7-8-9-12(13,10(2)3)11(4,5)6/h10H,7-9H2,1-6H3. The van der Waals surface area contributed by atoms with Crippen LogP contribution in [0.25, 0.3) is 0 Å². The molecule has 2 heteroatoms. The van der Waals surface area contributed by atoms with Crippen molar-refractivity contribution in [3.05, 3.63) is 0 Å². The van der Waals surface area contributed by atoms with Gasteiger partial charge in [-0.25, -0.2) is 0 Å². The summed E-state index contributed by atoms with van der Waals surface area (Å²) in [5.41, 5.74) is 0.703. The van der Waals surface area contributed by atoms with Gasteiger partial charge in [0.25, 0.3) is 0 Å². The first-order valence-corrected chi connectivity index (χ1v) is 8.40. The van der Waals surface area contributed by atoms with Crippen molar-refractivity contribution < 1.29 is 0 Å². The Bertz CT molecular complexity index is 189. The van der Waals surface area contributed by atoms with Crippen LogP contribution in [-0.2, 0) is 11.8 Å². The molecule has 0 nitrogen and oxygen atoms in total. The molecular weight excluding hydrogens is 195 g/mol. The number of hydrogen-bond donors (Lipinski definition) is 0. The highest BCUT2D eigenvalue weighted by Crippen LogP contribution is 2.62. The summed E-state index contributed by atoms with van der Waals surface area (Å²) in [6.45, 7) is 13.8. The van der Waals surface area contributed by atoms with E-state index in [1.54, 1.807) is 0 Å². The third kappa shape index (κ3) is 3.36. The number of hydrogen-bond acceptors (Lipinski definition) is 1. The van der Waals surface area contributed by atoms with Gasteiger partial charge >= 0.3 is 0 Å². The van der Waals surface area contributed by atoms with Crippen LogP contribution in [0.4, 0.5) is 0 Å². The highest BCUT2D eigenvalue weighted by molar-refractivity contribution is 8.15. The summed E-state index contributed by atoms with van der Waals surface area (Å²) in [6, 6.07) is -1.16. The second-order valence-corrected chi connectivity index (χ2v) is 11.5. The number of rotatable bonds is 4. The van der Waals surface area contributed by atoms with E-state index >= 15 is 0 Å². The van der Waals surface area contributed by atoms with E-state index in [1.165, 1.54) is 19.0 Å². The first-order chi connectivity index (χ1) is 5.75. The van der Waals surface area contributed by atoms with E-state index in [0.717, 1.165) is 0 Å². The SMILES string of the molecule is CCCCP(=S)(C(C)C)C(C)(C)C. The van der Waals surface area contributed by atoms with Gasteiger partial charge in [-0.2, -0.15) is 0 Å². The molecule has 0 saturated heterocycles. The monoisotopic (exact) mass is 220 g/mol. The van der Waals surface area contributed by atoms with Crippen LogP contribution >= 0.6 is 6.04 Å². The zero-order chi connectivity index (χ0) is 10.7. The van der Waals surface area contributed by atoms with Gasteiger partial charge in [-0.1, -0.05) is 59.8 Å². The van der Waals surface area contributed by atoms with Crippen molar-refractivity contribution in [1.82, 2.24) is 0 Å². The lowest BCUT2D eigenvalue weighted by atomic mass is 10.3. The molecule has 0 aliphatic carbocycles. The molecule has 0 aliphatic heterocycles. The van der Waals surface area contributed by atoms with Gasteiger partial charge in [-0.15, -0.1) is 0 Å². The molecule has 0 aromatic carbocycles. The zero-order valence-electron chi connectivity index (χ0n) is 10.1. The quantitative estimate of drug-likeness (QED) is 0.630. The van der Waals surface area contributed by atoms with Crippen LogP contribution < -0.4 is 0 Å². The number of unbranched alkanes of at least 4 members (excludes halogenated alkanes) is 1. The normalized spacial score (nSPS) is 17.5. The lowest BCUT2D eigenvalue weighted by Crippen LogP contribution is -2.22. The predicted octanol–water partition coefficient (Wildman–Crippen LogP) is 4.47. The van der Waals surface area contributed by atoms with Crippen molar-refractivity contribution in [3.8, 4) is 0 Å². The fourth-order valence-electron chi connectivity index (χ4n) is 1.76. The smallest absolute Gasteiger partial charge is 0.00867 e. The van der Waals surface area contributed by atoms with Crippen LogP contribution in [-0.4, -0.2) is 17.0 Å². The average molecular weight is 220 g/mol. The molecule has 0 rings (SSSR count). The summed E-state index contributed by atoms with van der Waals surface area (Å²) in [5.74, 6) is 0. The topological polar surface area (TPSA) is 0 Å². The van der Waals surface area contributed by atoms with Crippen LogP contribution in [0.2, 0.25) is 0 Å². The Morgan fingerprint density at radius 3 is 1.92 bits per heavy atom. The van der Waals surface area contributed by atoms with Gasteiger partial charge in [0.05, 0.1) is 0 Å². The van der Waals surface area contributed by atoms with Crippen molar-refractivity contribution in [3.63, 3.8) is 0 Å². The highest BCUT2D eigenvalue weighted by atomic mass is 32.4. The van der Waals surface area contributed by atoms with Gasteiger partial charge in [0, 0.05) is 0 Å². The van der Waals surface area contributed by atoms with E-state index in [1.807, 2.05) is 0 Å². The van der Waals surface area contributed by atoms with Crippen molar-refractivity contribution in [2.75, 3.05) is 6.16 Å². The molecule has 0 amide bonds. The largest absolute Gasteiger partial charge is 0.0967 e. The molecule has 13 heavy (non-hydrogen) atoms. The van der Waals surface area contributed by atoms with Gasteiger partial charge in [0.2, 0.25) is 0 Å². The first kappa shape index (κ1) is 13.7. The first-order valence-electron chi connectivity index (χ1n) is 5.34. The predicted molar refractivity (Wildman–Crippen MR) is 68.9 cm³/mol. The Kier molecular flexibility index (Phi) is 5.18. The Labute approximate surface area is 89.5 Å². The summed E-state index contributed by atoms with van der Waals surface area (Å²) in [4.78, 5) is 0. The van der Waals surface area contributed by atoms with Crippen molar-refractivity contribution >= 4 is 17.8 Å². The maximum Gasteiger partial charge on any atom is -0.00867 e. The molecule has 0 radical (unpaired) electrons. The van der Waals surface area contributed by atoms with Crippen LogP contribution in [0, 0.1) is 0 Å². The van der Waals surface area contributed by atoms with Gasteiger partial charge in [-0.3, -0.25) is 0 Å². The molecule has 1 atom stereocenters. The maximum atomic E-state index is 5.94. The molecule has 0 aliphatic rings. The Morgan fingerprint density at radius 2 is 1.69 bits per heavy atom. The average Bonchev–Trinajstić information content (AvgIpc) is 1.97. The Morgan fingerprint density at radius 1 is 1.23 bits per heavy atom. The minimum atomic E-state index is -1.16. The van der Waals surface area contributed by atoms with E-state index in [9.17, 15) is 0 Å². The molecular formula is C11H25PS. The maximum absolute atomic E-state index is 5.94. The van der Waals surface area contributed by atoms with Crippen molar-refractivity contribution in [1.29, 1.82) is 0 Å². The molecule has 80 valence electrons. The molecule has 0 aromatic rings. The fourth-order valence-corrected chi connectivity index (χ4v) is 5.67. The summed E-state index contributed by atoms with van der Waals surface area (Å²) < 4.78 is 0. The van der Waals surface area contributed by atoms with Crippen LogP contribution in [0.3, 0.4) is 0 Å². The zero-order valence-corrected chi connectivity index (χ0v) is 11.8. The Hall–Kier alpha value is 0.650. The highest BCUT2D eigenvalue weighted by Gasteiger charge is 2.33. The van der Waals surface area contributed by atoms with E-state index in [2.05, 4.69) is 41.5 Å². The molecule has 0 heterocycles. The second-order valence-electron chi connectivity index (χ2n) is 5.14. The van der Waals surface area contributed by atoms with Gasteiger partial charge in [0.1, 0.15) is 0 Å². The Balaban J connectivity index is 4.66. The summed E-state index contributed by atoms with van der Waals surface area (Å²) in [7, 11) is 0. The van der Waals surface area contributed by atoms with Crippen molar-refractivity contribution in [2.24, 2.45) is 0 Å². The van der Waals surface area contributed by atoms with E-state index in [0.29, 0.717) is 10.8 Å². The van der Waals surface area contributed by atoms with E-state index < -0.39 is 6.04 Å². The molecule has 0 N–H and O–H groups in total. The molecule has 1 unspecified atom stereocenters. The van der Waals surface area contributed by atoms with Crippen LogP contribution in [0.1, 0.15) is 54.4 Å². The molecule has 0 fully saturated rings. The lowest BCUT2D eigenvalue weighted by Gasteiger charge is -2.38. The van der Waals surface area contributed by atoms with Gasteiger partial charge in [-0.05, 0) is 29.4 Å². The fraction of sp³-hybridized carbons (Fsp3) is 1.00. The summed E-state index contributed by atoms with van der Waals surface area (Å²) >= 11 is 5.94. The summed E-state index contributed by atoms with van der Waals surface area (Å²) in [6.07, 6.45) is 3.88. The lowest BCUT2D eigenvalue weighted by molar-refractivity contribution is 0.754. The minimum absolute atomic E-state index is 0.353. The van der Waals surface area contributed by atoms with E-state index in [4.69, 9.17) is 11.8 Å². The molecule has 0 spiro atoms. The molecule has 0 bridgehead atoms. The third-order valence-corrected chi connectivity index (χ3v) is 11.2. The van der Waals surface area contributed by atoms with Crippen LogP contribution in [0.5, 0.6) is 0 Å². The van der Waals surface area contributed by atoms with Gasteiger partial charge in [0.15, 0.2) is 0 Å². The third-order valence-electron chi connectivity index (χ3n) is 2.81. The molecule has 0 saturated carbocycles. The van der Waals surface area contributed by atoms with Crippen LogP contribution in [0.15, 0.2) is 0 Å². The van der Waals surface area contributed by atoms with Crippen molar-refractivity contribution in [2.45, 2.75) is 65.2 Å².